The van der Waals surface area contributed by atoms with Crippen LogP contribution in [0.3, 0.4) is 0 Å². The third-order valence-electron chi connectivity index (χ3n) is 3.13. The van der Waals surface area contributed by atoms with E-state index in [1.54, 1.807) is 6.33 Å². The first-order chi connectivity index (χ1) is 8.88. The Morgan fingerprint density at radius 2 is 1.83 bits per heavy atom. The quantitative estimate of drug-likeness (QED) is 0.615. The summed E-state index contributed by atoms with van der Waals surface area (Å²) in [5.74, 6) is 1.07. The predicted octanol–water partition coefficient (Wildman–Crippen LogP) is 3.14. The average Bonchev–Trinajstić information content (AvgIpc) is 2.82. The Bertz CT molecular complexity index is 296. The Morgan fingerprint density at radius 1 is 1.06 bits per heavy atom. The van der Waals surface area contributed by atoms with Crippen LogP contribution >= 0.6 is 0 Å². The van der Waals surface area contributed by atoms with Crippen molar-refractivity contribution in [3.63, 3.8) is 0 Å². The minimum Gasteiger partial charge on any atom is -0.310 e. The molecule has 0 aliphatic carbocycles. The van der Waals surface area contributed by atoms with Crippen molar-refractivity contribution in [3.8, 4) is 0 Å². The lowest BCUT2D eigenvalue weighted by Gasteiger charge is -2.06. The molecule has 1 heterocycles. The number of hydrogen-bond donors (Lipinski definition) is 1. The van der Waals surface area contributed by atoms with E-state index in [1.165, 1.54) is 38.5 Å². The molecule has 0 aromatic carbocycles. The number of nitrogens with one attached hydrogen (secondary N) is 1. The van der Waals surface area contributed by atoms with Crippen LogP contribution in [0.4, 0.5) is 0 Å². The lowest BCUT2D eigenvalue weighted by molar-refractivity contribution is 0.499. The van der Waals surface area contributed by atoms with Gasteiger partial charge in [0, 0.05) is 6.54 Å². The van der Waals surface area contributed by atoms with Crippen molar-refractivity contribution in [2.75, 3.05) is 6.54 Å². The van der Waals surface area contributed by atoms with E-state index in [0.717, 1.165) is 31.9 Å². The van der Waals surface area contributed by atoms with Crippen molar-refractivity contribution in [2.24, 2.45) is 0 Å². The van der Waals surface area contributed by atoms with Crippen LogP contribution in [0.25, 0.3) is 0 Å². The van der Waals surface area contributed by atoms with E-state index in [-0.39, 0.29) is 0 Å². The fourth-order valence-corrected chi connectivity index (χ4v) is 2.03. The van der Waals surface area contributed by atoms with Gasteiger partial charge < -0.3 is 5.32 Å². The van der Waals surface area contributed by atoms with Crippen LogP contribution in [-0.2, 0) is 13.1 Å². The Kier molecular flexibility index (Phi) is 8.47. The summed E-state index contributed by atoms with van der Waals surface area (Å²) in [6.45, 7) is 7.32. The zero-order valence-corrected chi connectivity index (χ0v) is 12.0. The molecule has 18 heavy (non-hydrogen) atoms. The van der Waals surface area contributed by atoms with Gasteiger partial charge >= 0.3 is 0 Å². The second-order valence-corrected chi connectivity index (χ2v) is 4.84. The molecule has 0 radical (unpaired) electrons. The smallest absolute Gasteiger partial charge is 0.140 e. The Morgan fingerprint density at radius 3 is 2.61 bits per heavy atom. The van der Waals surface area contributed by atoms with Gasteiger partial charge in [0.15, 0.2) is 0 Å². The zero-order valence-electron chi connectivity index (χ0n) is 12.0. The molecule has 0 atom stereocenters. The van der Waals surface area contributed by atoms with Gasteiger partial charge in [-0.2, -0.15) is 5.10 Å². The van der Waals surface area contributed by atoms with E-state index in [0.29, 0.717) is 0 Å². The summed E-state index contributed by atoms with van der Waals surface area (Å²) in [7, 11) is 0. The third kappa shape index (κ3) is 6.15. The summed E-state index contributed by atoms with van der Waals surface area (Å²) in [5.41, 5.74) is 0. The summed E-state index contributed by atoms with van der Waals surface area (Å²) in [4.78, 5) is 4.31. The van der Waals surface area contributed by atoms with E-state index < -0.39 is 0 Å². The zero-order chi connectivity index (χ0) is 13.1. The predicted molar refractivity (Wildman–Crippen MR) is 75.4 cm³/mol. The molecule has 0 amide bonds. The second kappa shape index (κ2) is 10.1. The molecule has 0 fully saturated rings. The van der Waals surface area contributed by atoms with E-state index >= 15 is 0 Å². The summed E-state index contributed by atoms with van der Waals surface area (Å²) >= 11 is 0. The van der Waals surface area contributed by atoms with Gasteiger partial charge in [-0.15, -0.1) is 0 Å². The fourth-order valence-electron chi connectivity index (χ4n) is 2.03. The molecule has 1 rings (SSSR count). The number of hydrogen-bond acceptors (Lipinski definition) is 3. The topological polar surface area (TPSA) is 42.7 Å². The average molecular weight is 252 g/mol. The van der Waals surface area contributed by atoms with Crippen LogP contribution in [0.15, 0.2) is 6.33 Å². The SMILES string of the molecule is CCCCCCCCn1ncnc1CNCCC. The van der Waals surface area contributed by atoms with E-state index in [9.17, 15) is 0 Å². The molecular weight excluding hydrogens is 224 g/mol. The minimum atomic E-state index is 0.837. The van der Waals surface area contributed by atoms with Crippen molar-refractivity contribution >= 4 is 0 Å². The van der Waals surface area contributed by atoms with Gasteiger partial charge in [-0.3, -0.25) is 0 Å². The first-order valence-electron chi connectivity index (χ1n) is 7.45. The van der Waals surface area contributed by atoms with Gasteiger partial charge in [0.25, 0.3) is 0 Å². The summed E-state index contributed by atoms with van der Waals surface area (Å²) in [6.07, 6.45) is 10.8. The van der Waals surface area contributed by atoms with Gasteiger partial charge in [-0.1, -0.05) is 46.0 Å². The van der Waals surface area contributed by atoms with Crippen LogP contribution in [0, 0.1) is 0 Å². The molecule has 4 heteroatoms. The molecule has 1 N–H and O–H groups in total. The van der Waals surface area contributed by atoms with Gasteiger partial charge in [-0.05, 0) is 19.4 Å². The minimum absolute atomic E-state index is 0.837. The van der Waals surface area contributed by atoms with Crippen LogP contribution < -0.4 is 5.32 Å². The standard InChI is InChI=1S/C14H28N4/c1-3-5-6-7-8-9-11-18-14(16-13-17-18)12-15-10-4-2/h13,15H,3-12H2,1-2H3. The number of aromatic nitrogens is 3. The molecule has 0 saturated carbocycles. The van der Waals surface area contributed by atoms with Gasteiger partial charge in [0.05, 0.1) is 6.54 Å². The van der Waals surface area contributed by atoms with Gasteiger partial charge in [-0.25, -0.2) is 9.67 Å². The summed E-state index contributed by atoms with van der Waals surface area (Å²) < 4.78 is 2.04. The van der Waals surface area contributed by atoms with Crippen LogP contribution in [0.2, 0.25) is 0 Å². The Balaban J connectivity index is 2.15. The molecule has 4 nitrogen and oxygen atoms in total. The molecule has 0 bridgehead atoms. The molecular formula is C14H28N4. The van der Waals surface area contributed by atoms with Crippen LogP contribution in [-0.4, -0.2) is 21.3 Å². The monoisotopic (exact) mass is 252 g/mol. The van der Waals surface area contributed by atoms with Gasteiger partial charge in [0.2, 0.25) is 0 Å². The number of unbranched alkanes of at least 4 members (excludes halogenated alkanes) is 5. The maximum atomic E-state index is 4.31. The van der Waals surface area contributed by atoms with Crippen LogP contribution in [0.5, 0.6) is 0 Å². The van der Waals surface area contributed by atoms with Crippen molar-refractivity contribution in [1.29, 1.82) is 0 Å². The summed E-state index contributed by atoms with van der Waals surface area (Å²) in [5, 5.41) is 7.67. The van der Waals surface area contributed by atoms with Crippen molar-refractivity contribution in [1.82, 2.24) is 20.1 Å². The largest absolute Gasteiger partial charge is 0.310 e. The molecule has 0 aliphatic rings. The third-order valence-corrected chi connectivity index (χ3v) is 3.13. The maximum Gasteiger partial charge on any atom is 0.140 e. The van der Waals surface area contributed by atoms with E-state index in [1.807, 2.05) is 4.68 Å². The first-order valence-corrected chi connectivity index (χ1v) is 7.45. The van der Waals surface area contributed by atoms with Crippen molar-refractivity contribution in [3.05, 3.63) is 12.2 Å². The number of aryl methyl sites for hydroxylation is 1. The Hall–Kier alpha value is -0.900. The normalized spacial score (nSPS) is 11.0. The van der Waals surface area contributed by atoms with E-state index in [4.69, 9.17) is 0 Å². The molecule has 0 spiro atoms. The molecule has 104 valence electrons. The first kappa shape index (κ1) is 15.2. The molecule has 0 aliphatic heterocycles. The molecule has 1 aromatic rings. The lowest BCUT2D eigenvalue weighted by Crippen LogP contribution is -2.18. The highest BCUT2D eigenvalue weighted by Gasteiger charge is 2.02. The second-order valence-electron chi connectivity index (χ2n) is 4.84. The summed E-state index contributed by atoms with van der Waals surface area (Å²) in [6, 6.07) is 0. The fraction of sp³-hybridized carbons (Fsp3) is 0.857. The van der Waals surface area contributed by atoms with Crippen LogP contribution in [0.1, 0.15) is 64.6 Å². The lowest BCUT2D eigenvalue weighted by atomic mass is 10.1. The molecule has 1 aromatic heterocycles. The van der Waals surface area contributed by atoms with E-state index in [2.05, 4.69) is 29.2 Å². The highest BCUT2D eigenvalue weighted by molar-refractivity contribution is 4.83. The maximum absolute atomic E-state index is 4.31. The number of nitrogens with zero attached hydrogens (tertiary/aromatic N) is 3. The van der Waals surface area contributed by atoms with Crippen molar-refractivity contribution < 1.29 is 0 Å². The Labute approximate surface area is 111 Å². The molecule has 0 saturated heterocycles. The highest BCUT2D eigenvalue weighted by atomic mass is 15.3. The molecule has 0 unspecified atom stereocenters. The van der Waals surface area contributed by atoms with Gasteiger partial charge in [0.1, 0.15) is 12.2 Å². The highest BCUT2D eigenvalue weighted by Crippen LogP contribution is 2.06. The van der Waals surface area contributed by atoms with Crippen molar-refractivity contribution in [2.45, 2.75) is 71.9 Å². The number of rotatable bonds is 11.